The Labute approximate surface area is 249 Å². The molecule has 0 radical (unpaired) electrons. The number of anilines is 1. The second-order valence-electron chi connectivity index (χ2n) is 11.0. The molecule has 0 aliphatic carbocycles. The second kappa shape index (κ2) is 13.7. The zero-order chi connectivity index (χ0) is 31.1. The summed E-state index contributed by atoms with van der Waals surface area (Å²) in [6, 6.07) is 19.4. The van der Waals surface area contributed by atoms with Crippen LogP contribution in [0.5, 0.6) is 11.5 Å². The molecule has 0 aliphatic rings. The van der Waals surface area contributed by atoms with Crippen LogP contribution in [0, 0.1) is 6.92 Å². The molecule has 0 fully saturated rings. The van der Waals surface area contributed by atoms with Crippen molar-refractivity contribution < 1.29 is 27.5 Å². The monoisotopic (exact) mass is 595 g/mol. The number of benzene rings is 3. The minimum absolute atomic E-state index is 0.0234. The molecule has 0 saturated carbocycles. The Kier molecular flexibility index (Phi) is 10.6. The van der Waals surface area contributed by atoms with E-state index < -0.39 is 34.1 Å². The van der Waals surface area contributed by atoms with Crippen molar-refractivity contribution in [1.29, 1.82) is 0 Å². The summed E-state index contributed by atoms with van der Waals surface area (Å²) < 4.78 is 39.9. The summed E-state index contributed by atoms with van der Waals surface area (Å²) in [6.07, 6.45) is 0.333. The van der Waals surface area contributed by atoms with Crippen LogP contribution in [-0.2, 0) is 26.2 Å². The standard InChI is InChI=1S/C32H41N3O6S/c1-8-27(31(37)33-32(3,4)5)34(21-24-13-11-12-23(2)20-24)30(36)22-35(28-14-9-10-15-29(28)41-7)42(38,39)26-18-16-25(40-6)17-19-26/h9-20,27H,8,21-22H2,1-7H3,(H,33,37)/t27-/m0/s1. The third-order valence-corrected chi connectivity index (χ3v) is 8.37. The number of rotatable bonds is 12. The molecule has 0 aliphatic heterocycles. The number of sulfonamides is 1. The lowest BCUT2D eigenvalue weighted by Gasteiger charge is -2.35. The van der Waals surface area contributed by atoms with Crippen LogP contribution in [0.1, 0.15) is 45.2 Å². The van der Waals surface area contributed by atoms with Crippen LogP contribution in [0.15, 0.2) is 77.7 Å². The van der Waals surface area contributed by atoms with Crippen LogP contribution in [0.2, 0.25) is 0 Å². The Hall–Kier alpha value is -4.05. The van der Waals surface area contributed by atoms with E-state index >= 15 is 0 Å². The average Bonchev–Trinajstić information content (AvgIpc) is 2.94. The first-order valence-electron chi connectivity index (χ1n) is 13.8. The first-order valence-corrected chi connectivity index (χ1v) is 15.2. The van der Waals surface area contributed by atoms with Gasteiger partial charge in [0, 0.05) is 12.1 Å². The van der Waals surface area contributed by atoms with E-state index in [1.54, 1.807) is 36.4 Å². The zero-order valence-corrected chi connectivity index (χ0v) is 26.2. The lowest BCUT2D eigenvalue weighted by Crippen LogP contribution is -2.55. The molecule has 3 aromatic rings. The van der Waals surface area contributed by atoms with Gasteiger partial charge in [-0.15, -0.1) is 0 Å². The fraction of sp³-hybridized carbons (Fsp3) is 0.375. The predicted molar refractivity (Wildman–Crippen MR) is 164 cm³/mol. The molecule has 226 valence electrons. The summed E-state index contributed by atoms with van der Waals surface area (Å²) >= 11 is 0. The number of methoxy groups -OCH3 is 2. The Bertz CT molecular complexity index is 1480. The largest absolute Gasteiger partial charge is 0.497 e. The van der Waals surface area contributed by atoms with Gasteiger partial charge in [-0.05, 0) is 76.1 Å². The molecule has 0 spiro atoms. The van der Waals surface area contributed by atoms with E-state index in [4.69, 9.17) is 9.47 Å². The predicted octanol–water partition coefficient (Wildman–Crippen LogP) is 4.93. The molecule has 42 heavy (non-hydrogen) atoms. The fourth-order valence-electron chi connectivity index (χ4n) is 4.60. The maximum atomic E-state index is 14.2. The Balaban J connectivity index is 2.11. The van der Waals surface area contributed by atoms with Gasteiger partial charge in [0.1, 0.15) is 24.1 Å². The van der Waals surface area contributed by atoms with Crippen molar-refractivity contribution in [1.82, 2.24) is 10.2 Å². The van der Waals surface area contributed by atoms with E-state index in [-0.39, 0.29) is 28.8 Å². The number of nitrogens with one attached hydrogen (secondary N) is 1. The molecule has 0 aromatic heterocycles. The summed E-state index contributed by atoms with van der Waals surface area (Å²) in [5, 5.41) is 2.98. The summed E-state index contributed by atoms with van der Waals surface area (Å²) in [7, 11) is -1.32. The zero-order valence-electron chi connectivity index (χ0n) is 25.4. The van der Waals surface area contributed by atoms with E-state index in [1.165, 1.54) is 31.3 Å². The third-order valence-electron chi connectivity index (χ3n) is 6.60. The van der Waals surface area contributed by atoms with E-state index in [9.17, 15) is 18.0 Å². The van der Waals surface area contributed by atoms with Gasteiger partial charge in [0.25, 0.3) is 10.0 Å². The summed E-state index contributed by atoms with van der Waals surface area (Å²) in [5.74, 6) is -0.0674. The van der Waals surface area contributed by atoms with Crippen LogP contribution < -0.4 is 19.1 Å². The lowest BCUT2D eigenvalue weighted by atomic mass is 10.0. The summed E-state index contributed by atoms with van der Waals surface area (Å²) in [4.78, 5) is 29.1. The van der Waals surface area contributed by atoms with Crippen molar-refractivity contribution >= 4 is 27.5 Å². The Morgan fingerprint density at radius 1 is 0.929 bits per heavy atom. The number of hydrogen-bond acceptors (Lipinski definition) is 6. The fourth-order valence-corrected chi connectivity index (χ4v) is 6.03. The maximum Gasteiger partial charge on any atom is 0.264 e. The second-order valence-corrected chi connectivity index (χ2v) is 12.9. The number of ether oxygens (including phenoxy) is 2. The number of aryl methyl sites for hydroxylation is 1. The van der Waals surface area contributed by atoms with Gasteiger partial charge < -0.3 is 19.7 Å². The van der Waals surface area contributed by atoms with Crippen LogP contribution in [0.4, 0.5) is 5.69 Å². The van der Waals surface area contributed by atoms with Gasteiger partial charge in [0.15, 0.2) is 0 Å². The van der Waals surface area contributed by atoms with Crippen LogP contribution in [-0.4, -0.2) is 57.5 Å². The summed E-state index contributed by atoms with van der Waals surface area (Å²) in [6.45, 7) is 8.96. The van der Waals surface area contributed by atoms with Crippen LogP contribution >= 0.6 is 0 Å². The van der Waals surface area contributed by atoms with Gasteiger partial charge in [-0.25, -0.2) is 8.42 Å². The molecule has 0 heterocycles. The molecule has 0 bridgehead atoms. The van der Waals surface area contributed by atoms with E-state index in [1.807, 2.05) is 58.9 Å². The number of amides is 2. The molecular formula is C32H41N3O6S. The highest BCUT2D eigenvalue weighted by Crippen LogP contribution is 2.33. The average molecular weight is 596 g/mol. The molecule has 3 rings (SSSR count). The molecule has 0 unspecified atom stereocenters. The van der Waals surface area contributed by atoms with Gasteiger partial charge in [0.05, 0.1) is 24.8 Å². The third kappa shape index (κ3) is 8.03. The van der Waals surface area contributed by atoms with E-state index in [0.29, 0.717) is 12.2 Å². The molecule has 2 amide bonds. The molecule has 3 aromatic carbocycles. The molecule has 1 atom stereocenters. The van der Waals surface area contributed by atoms with Crippen LogP contribution in [0.3, 0.4) is 0 Å². The Morgan fingerprint density at radius 3 is 2.17 bits per heavy atom. The molecular weight excluding hydrogens is 554 g/mol. The number of carbonyl (C=O) groups excluding carboxylic acids is 2. The SMILES string of the molecule is CC[C@@H](C(=O)NC(C)(C)C)N(Cc1cccc(C)c1)C(=O)CN(c1ccccc1OC)S(=O)(=O)c1ccc(OC)cc1. The molecule has 1 N–H and O–H groups in total. The van der Waals surface area contributed by atoms with Crippen molar-refractivity contribution in [2.45, 2.75) is 64.1 Å². The van der Waals surface area contributed by atoms with Crippen molar-refractivity contribution in [3.8, 4) is 11.5 Å². The first kappa shape index (κ1) is 32.5. The smallest absolute Gasteiger partial charge is 0.264 e. The Morgan fingerprint density at radius 2 is 1.60 bits per heavy atom. The lowest BCUT2D eigenvalue weighted by molar-refractivity contribution is -0.141. The van der Waals surface area contributed by atoms with Gasteiger partial charge in [-0.1, -0.05) is 48.9 Å². The van der Waals surface area contributed by atoms with Gasteiger partial charge >= 0.3 is 0 Å². The molecule has 10 heteroatoms. The van der Waals surface area contributed by atoms with Gasteiger partial charge in [-0.3, -0.25) is 13.9 Å². The quantitative estimate of drug-likeness (QED) is 0.318. The molecule has 9 nitrogen and oxygen atoms in total. The van der Waals surface area contributed by atoms with Crippen molar-refractivity contribution in [3.05, 3.63) is 83.9 Å². The number of hydrogen-bond donors (Lipinski definition) is 1. The highest BCUT2D eigenvalue weighted by molar-refractivity contribution is 7.92. The first-order chi connectivity index (χ1) is 19.8. The minimum atomic E-state index is -4.25. The topological polar surface area (TPSA) is 105 Å². The van der Waals surface area contributed by atoms with Crippen molar-refractivity contribution in [3.63, 3.8) is 0 Å². The number of nitrogens with zero attached hydrogens (tertiary/aromatic N) is 2. The van der Waals surface area contributed by atoms with Crippen LogP contribution in [0.25, 0.3) is 0 Å². The number of para-hydroxylation sites is 2. The highest BCUT2D eigenvalue weighted by Gasteiger charge is 2.35. The normalized spacial score (nSPS) is 12.3. The maximum absolute atomic E-state index is 14.2. The van der Waals surface area contributed by atoms with E-state index in [0.717, 1.165) is 15.4 Å². The minimum Gasteiger partial charge on any atom is -0.497 e. The van der Waals surface area contributed by atoms with Crippen molar-refractivity contribution in [2.75, 3.05) is 25.1 Å². The van der Waals surface area contributed by atoms with Crippen molar-refractivity contribution in [2.24, 2.45) is 0 Å². The molecule has 0 saturated heterocycles. The highest BCUT2D eigenvalue weighted by atomic mass is 32.2. The summed E-state index contributed by atoms with van der Waals surface area (Å²) in [5.41, 5.74) is 1.51. The van der Waals surface area contributed by atoms with Gasteiger partial charge in [-0.2, -0.15) is 0 Å². The number of carbonyl (C=O) groups is 2. The van der Waals surface area contributed by atoms with E-state index in [2.05, 4.69) is 5.32 Å². The van der Waals surface area contributed by atoms with Gasteiger partial charge in [0.2, 0.25) is 11.8 Å².